The van der Waals surface area contributed by atoms with Gasteiger partial charge in [-0.15, -0.1) is 0 Å². The first-order chi connectivity index (χ1) is 11.6. The largest absolute Gasteiger partial charge is 0.497 e. The lowest BCUT2D eigenvalue weighted by Gasteiger charge is -2.32. The third-order valence-electron chi connectivity index (χ3n) is 4.54. The van der Waals surface area contributed by atoms with Crippen LogP contribution in [0.4, 0.5) is 5.69 Å². The number of likely N-dealkylation sites (N-methyl/N-ethyl adjacent to an activating group) is 1. The van der Waals surface area contributed by atoms with Gasteiger partial charge in [0.15, 0.2) is 6.20 Å². The van der Waals surface area contributed by atoms with Gasteiger partial charge in [-0.05, 0) is 19.1 Å². The molecule has 2 aromatic rings. The fraction of sp³-hybridized carbons (Fsp3) is 0.444. The summed E-state index contributed by atoms with van der Waals surface area (Å²) < 4.78 is 10.6. The number of methoxy groups -OCH3 is 1. The number of aromatic nitrogens is 1. The first kappa shape index (κ1) is 16.5. The number of benzene rings is 1. The monoisotopic (exact) mass is 331 g/mol. The van der Waals surface area contributed by atoms with Crippen LogP contribution in [0.1, 0.15) is 17.3 Å². The normalized spacial score (nSPS) is 15.5. The number of aromatic amines is 1. The lowest BCUT2D eigenvalue weighted by molar-refractivity contribution is -0.880. The first-order valence-corrected chi connectivity index (χ1v) is 8.39. The Morgan fingerprint density at radius 2 is 2.08 bits per heavy atom. The number of quaternary nitrogens is 1. The molecule has 1 aromatic carbocycles. The molecule has 0 unspecified atom stereocenters. The molecule has 128 valence electrons. The molecule has 6 heteroatoms. The minimum Gasteiger partial charge on any atom is -0.497 e. The number of carbonyl (C=O) groups is 1. The number of esters is 1. The quantitative estimate of drug-likeness (QED) is 0.812. The van der Waals surface area contributed by atoms with Crippen molar-refractivity contribution in [2.45, 2.75) is 6.92 Å². The average Bonchev–Trinajstić information content (AvgIpc) is 2.61. The maximum Gasteiger partial charge on any atom is 0.346 e. The maximum absolute atomic E-state index is 12.5. The third-order valence-corrected chi connectivity index (χ3v) is 4.54. The van der Waals surface area contributed by atoms with Crippen molar-refractivity contribution in [1.82, 2.24) is 0 Å². The van der Waals surface area contributed by atoms with E-state index in [2.05, 4.69) is 16.9 Å². The zero-order chi connectivity index (χ0) is 17.1. The smallest absolute Gasteiger partial charge is 0.346 e. The second-order valence-corrected chi connectivity index (χ2v) is 6.13. The second-order valence-electron chi connectivity index (χ2n) is 6.13. The SMILES string of the molecule is CCOC(=O)c1c[nH+]c2ccc(OC)cc2c1N1CC[NH+](C)CC1. The van der Waals surface area contributed by atoms with Crippen molar-refractivity contribution in [1.29, 1.82) is 0 Å². The van der Waals surface area contributed by atoms with E-state index < -0.39 is 0 Å². The number of hydrogen-bond acceptors (Lipinski definition) is 4. The van der Waals surface area contributed by atoms with E-state index in [0.717, 1.165) is 48.5 Å². The Kier molecular flexibility index (Phi) is 4.85. The van der Waals surface area contributed by atoms with E-state index in [1.54, 1.807) is 13.3 Å². The van der Waals surface area contributed by atoms with Gasteiger partial charge in [0.1, 0.15) is 11.3 Å². The number of fused-ring (bicyclic) bond motifs is 1. The van der Waals surface area contributed by atoms with Crippen LogP contribution in [0.2, 0.25) is 0 Å². The van der Waals surface area contributed by atoms with Gasteiger partial charge in [0.05, 0.1) is 58.0 Å². The standard InChI is InChI=1S/C18H23N3O3/c1-4-24-18(22)15-12-19-16-6-5-13(23-3)11-14(16)17(15)21-9-7-20(2)8-10-21/h5-6,11-12H,4,7-10H2,1-3H3/p+2. The van der Waals surface area contributed by atoms with Crippen molar-refractivity contribution in [3.05, 3.63) is 30.0 Å². The van der Waals surface area contributed by atoms with Gasteiger partial charge in [-0.3, -0.25) is 0 Å². The summed E-state index contributed by atoms with van der Waals surface area (Å²) >= 11 is 0. The number of H-pyrrole nitrogens is 1. The molecule has 6 nitrogen and oxygen atoms in total. The Morgan fingerprint density at radius 3 is 2.75 bits per heavy atom. The van der Waals surface area contributed by atoms with Crippen LogP contribution < -0.4 is 19.5 Å². The van der Waals surface area contributed by atoms with Crippen LogP contribution >= 0.6 is 0 Å². The topological polar surface area (TPSA) is 57.4 Å². The highest BCUT2D eigenvalue weighted by Crippen LogP contribution is 2.31. The summed E-state index contributed by atoms with van der Waals surface area (Å²) in [5, 5.41) is 0.986. The number of rotatable bonds is 4. The molecule has 1 aromatic heterocycles. The highest BCUT2D eigenvalue weighted by molar-refractivity contribution is 6.04. The Bertz CT molecular complexity index is 740. The summed E-state index contributed by atoms with van der Waals surface area (Å²) in [6.07, 6.45) is 1.76. The van der Waals surface area contributed by atoms with Crippen molar-refractivity contribution in [3.63, 3.8) is 0 Å². The molecule has 0 amide bonds. The van der Waals surface area contributed by atoms with Gasteiger partial charge in [-0.2, -0.15) is 0 Å². The molecule has 0 atom stereocenters. The van der Waals surface area contributed by atoms with E-state index in [9.17, 15) is 4.79 Å². The molecule has 3 rings (SSSR count). The summed E-state index contributed by atoms with van der Waals surface area (Å²) in [6.45, 7) is 6.10. The zero-order valence-electron chi connectivity index (χ0n) is 14.5. The van der Waals surface area contributed by atoms with Crippen molar-refractivity contribution >= 4 is 22.6 Å². The van der Waals surface area contributed by atoms with E-state index >= 15 is 0 Å². The van der Waals surface area contributed by atoms with Gasteiger partial charge >= 0.3 is 5.97 Å². The highest BCUT2D eigenvalue weighted by atomic mass is 16.5. The predicted octanol–water partition coefficient (Wildman–Crippen LogP) is 0.174. The fourth-order valence-corrected chi connectivity index (χ4v) is 3.15. The molecular weight excluding hydrogens is 306 g/mol. The van der Waals surface area contributed by atoms with Crippen LogP contribution in [0.15, 0.2) is 24.4 Å². The second kappa shape index (κ2) is 7.05. The van der Waals surface area contributed by atoms with E-state index in [1.807, 2.05) is 25.1 Å². The van der Waals surface area contributed by atoms with Crippen LogP contribution in [0, 0.1) is 0 Å². The molecule has 1 aliphatic heterocycles. The minimum absolute atomic E-state index is 0.292. The number of anilines is 1. The first-order valence-electron chi connectivity index (χ1n) is 8.39. The minimum atomic E-state index is -0.292. The summed E-state index contributed by atoms with van der Waals surface area (Å²) in [4.78, 5) is 19.5. The van der Waals surface area contributed by atoms with Crippen molar-refractivity contribution < 1.29 is 24.2 Å². The Balaban J connectivity index is 2.15. The summed E-state index contributed by atoms with van der Waals surface area (Å²) in [6, 6.07) is 5.88. The Labute approximate surface area is 142 Å². The van der Waals surface area contributed by atoms with E-state index in [1.165, 1.54) is 4.90 Å². The lowest BCUT2D eigenvalue weighted by atomic mass is 10.1. The van der Waals surface area contributed by atoms with Crippen molar-refractivity contribution in [2.75, 3.05) is 51.8 Å². The number of hydrogen-bond donors (Lipinski definition) is 1. The predicted molar refractivity (Wildman–Crippen MR) is 91.8 cm³/mol. The van der Waals surface area contributed by atoms with Crippen molar-refractivity contribution in [2.24, 2.45) is 0 Å². The van der Waals surface area contributed by atoms with Crippen LogP contribution in [-0.4, -0.2) is 52.9 Å². The molecule has 2 N–H and O–H groups in total. The number of nitrogens with zero attached hydrogens (tertiary/aromatic N) is 1. The molecule has 0 spiro atoms. The maximum atomic E-state index is 12.5. The third kappa shape index (κ3) is 3.14. The van der Waals surface area contributed by atoms with Crippen LogP contribution in [0.3, 0.4) is 0 Å². The molecule has 0 saturated carbocycles. The fourth-order valence-electron chi connectivity index (χ4n) is 3.15. The molecule has 1 saturated heterocycles. The van der Waals surface area contributed by atoms with Gasteiger partial charge in [0.25, 0.3) is 0 Å². The summed E-state index contributed by atoms with van der Waals surface area (Å²) in [7, 11) is 3.85. The number of carbonyl (C=O) groups excluding carboxylic acids is 1. The highest BCUT2D eigenvalue weighted by Gasteiger charge is 2.27. The molecule has 2 heterocycles. The van der Waals surface area contributed by atoms with Crippen LogP contribution in [0.25, 0.3) is 10.9 Å². The van der Waals surface area contributed by atoms with Gasteiger partial charge in [-0.25, -0.2) is 9.78 Å². The van der Waals surface area contributed by atoms with E-state index in [-0.39, 0.29) is 5.97 Å². The van der Waals surface area contributed by atoms with Gasteiger partial charge < -0.3 is 19.3 Å². The molecule has 1 aliphatic rings. The van der Waals surface area contributed by atoms with Gasteiger partial charge in [0, 0.05) is 6.07 Å². The Hall–Kier alpha value is -2.34. The Morgan fingerprint density at radius 1 is 1.33 bits per heavy atom. The molecule has 1 fully saturated rings. The molecule has 0 aliphatic carbocycles. The van der Waals surface area contributed by atoms with Gasteiger partial charge in [-0.1, -0.05) is 0 Å². The number of piperazine rings is 1. The lowest BCUT2D eigenvalue weighted by Crippen LogP contribution is -3.12. The molecular formula is C18H25N3O3+2. The van der Waals surface area contributed by atoms with Crippen LogP contribution in [-0.2, 0) is 4.74 Å². The van der Waals surface area contributed by atoms with Crippen molar-refractivity contribution in [3.8, 4) is 5.75 Å². The molecule has 0 bridgehead atoms. The average molecular weight is 331 g/mol. The van der Waals surface area contributed by atoms with Crippen LogP contribution in [0.5, 0.6) is 5.75 Å². The number of nitrogens with one attached hydrogen (secondary N) is 2. The van der Waals surface area contributed by atoms with Gasteiger partial charge in [0.2, 0.25) is 5.52 Å². The van der Waals surface area contributed by atoms with E-state index in [0.29, 0.717) is 12.2 Å². The zero-order valence-corrected chi connectivity index (χ0v) is 14.5. The number of pyridine rings is 1. The summed E-state index contributed by atoms with van der Waals surface area (Å²) in [5.74, 6) is 0.484. The van der Waals surface area contributed by atoms with E-state index in [4.69, 9.17) is 9.47 Å². The number of ether oxygens (including phenoxy) is 2. The molecule has 24 heavy (non-hydrogen) atoms. The summed E-state index contributed by atoms with van der Waals surface area (Å²) in [5.41, 5.74) is 2.50. The molecule has 0 radical (unpaired) electrons.